The monoisotopic (exact) mass is 310 g/mol. The first kappa shape index (κ1) is 13.7. The topological polar surface area (TPSA) is 23.6 Å². The molecular weight excluding hydrogens is 292 g/mol. The molecule has 3 nitrogen and oxygen atoms in total. The van der Waals surface area contributed by atoms with Crippen molar-refractivity contribution in [2.24, 2.45) is 0 Å². The molecule has 1 saturated heterocycles. The lowest BCUT2D eigenvalue weighted by Crippen LogP contribution is -2.43. The van der Waals surface area contributed by atoms with Crippen molar-refractivity contribution in [3.8, 4) is 0 Å². The number of benzene rings is 1. The summed E-state index contributed by atoms with van der Waals surface area (Å²) in [7, 11) is 2.16. The van der Waals surface area contributed by atoms with Crippen LogP contribution in [0.3, 0.4) is 0 Å². The summed E-state index contributed by atoms with van der Waals surface area (Å²) in [5, 5.41) is 0.394. The molecule has 1 aromatic carbocycles. The Bertz CT molecular complexity index is 397. The van der Waals surface area contributed by atoms with Gasteiger partial charge >= 0.3 is 0 Å². The maximum absolute atomic E-state index is 11.5. The quantitative estimate of drug-likeness (QED) is 0.628. The average Bonchev–Trinajstić information content (AvgIpc) is 2.41. The summed E-state index contributed by atoms with van der Waals surface area (Å²) >= 11 is 3.19. The molecule has 98 valence electrons. The van der Waals surface area contributed by atoms with Crippen molar-refractivity contribution in [1.29, 1.82) is 0 Å². The van der Waals surface area contributed by atoms with Crippen molar-refractivity contribution >= 4 is 21.7 Å². The molecule has 4 heteroatoms. The zero-order valence-electron chi connectivity index (χ0n) is 10.7. The van der Waals surface area contributed by atoms with Crippen LogP contribution < -0.4 is 0 Å². The molecule has 0 aromatic heterocycles. The number of hydrogen-bond acceptors (Lipinski definition) is 3. The predicted octanol–water partition coefficient (Wildman–Crippen LogP) is 2.01. The zero-order valence-corrected chi connectivity index (χ0v) is 12.3. The molecule has 0 atom stereocenters. The molecule has 1 aromatic rings. The van der Waals surface area contributed by atoms with Gasteiger partial charge in [-0.3, -0.25) is 9.69 Å². The number of ketones is 1. The Hall–Kier alpha value is -0.710. The van der Waals surface area contributed by atoms with E-state index in [1.54, 1.807) is 0 Å². The SMILES string of the molecule is CN1CCN(Cc2ccc(C(=O)CBr)cc2)CC1. The van der Waals surface area contributed by atoms with E-state index in [-0.39, 0.29) is 5.78 Å². The van der Waals surface area contributed by atoms with E-state index in [2.05, 4.69) is 44.9 Å². The highest BCUT2D eigenvalue weighted by Gasteiger charge is 2.13. The van der Waals surface area contributed by atoms with E-state index in [1.165, 1.54) is 5.56 Å². The number of likely N-dealkylation sites (N-methyl/N-ethyl adjacent to an activating group) is 1. The normalized spacial score (nSPS) is 17.9. The molecule has 0 spiro atoms. The third kappa shape index (κ3) is 3.64. The van der Waals surface area contributed by atoms with Crippen LogP contribution in [0.25, 0.3) is 0 Å². The molecular formula is C14H19BrN2O. The lowest BCUT2D eigenvalue weighted by Gasteiger charge is -2.32. The van der Waals surface area contributed by atoms with Crippen LogP contribution in [0.5, 0.6) is 0 Å². The fraction of sp³-hybridized carbons (Fsp3) is 0.500. The summed E-state index contributed by atoms with van der Waals surface area (Å²) in [6, 6.07) is 7.98. The Balaban J connectivity index is 1.92. The van der Waals surface area contributed by atoms with Gasteiger partial charge in [0.2, 0.25) is 0 Å². The van der Waals surface area contributed by atoms with E-state index < -0.39 is 0 Å². The highest BCUT2D eigenvalue weighted by Crippen LogP contribution is 2.10. The highest BCUT2D eigenvalue weighted by atomic mass is 79.9. The number of alkyl halides is 1. The summed E-state index contributed by atoms with van der Waals surface area (Å²) < 4.78 is 0. The summed E-state index contributed by atoms with van der Waals surface area (Å²) in [5.41, 5.74) is 2.07. The number of piperazine rings is 1. The van der Waals surface area contributed by atoms with Crippen molar-refractivity contribution in [2.75, 3.05) is 38.6 Å². The van der Waals surface area contributed by atoms with E-state index in [9.17, 15) is 4.79 Å². The summed E-state index contributed by atoms with van der Waals surface area (Å²) in [5.74, 6) is 0.140. The van der Waals surface area contributed by atoms with E-state index in [1.807, 2.05) is 12.1 Å². The van der Waals surface area contributed by atoms with Crippen molar-refractivity contribution in [3.05, 3.63) is 35.4 Å². The first-order valence-corrected chi connectivity index (χ1v) is 7.40. The molecule has 0 bridgehead atoms. The van der Waals surface area contributed by atoms with Crippen LogP contribution >= 0.6 is 15.9 Å². The van der Waals surface area contributed by atoms with E-state index in [0.29, 0.717) is 5.33 Å². The van der Waals surface area contributed by atoms with Gasteiger partial charge in [-0.1, -0.05) is 40.2 Å². The summed E-state index contributed by atoms with van der Waals surface area (Å²) in [4.78, 5) is 16.3. The standard InChI is InChI=1S/C14H19BrN2O/c1-16-6-8-17(9-7-16)11-12-2-4-13(5-3-12)14(18)10-15/h2-5H,6-11H2,1H3. The predicted molar refractivity (Wildman–Crippen MR) is 77.3 cm³/mol. The van der Waals surface area contributed by atoms with Crippen LogP contribution in [0.1, 0.15) is 15.9 Å². The molecule has 2 rings (SSSR count). The number of Topliss-reactive ketones (excluding diaryl/α,β-unsaturated/α-hetero) is 1. The number of carbonyl (C=O) groups is 1. The highest BCUT2D eigenvalue weighted by molar-refractivity contribution is 9.09. The Morgan fingerprint density at radius 3 is 2.33 bits per heavy atom. The Kier molecular flexibility index (Phi) is 4.92. The Labute approximate surface area is 117 Å². The molecule has 1 aliphatic rings. The largest absolute Gasteiger partial charge is 0.304 e. The van der Waals surface area contributed by atoms with Gasteiger partial charge in [-0.25, -0.2) is 0 Å². The third-order valence-corrected chi connectivity index (χ3v) is 3.91. The van der Waals surface area contributed by atoms with Crippen LogP contribution in [0, 0.1) is 0 Å². The van der Waals surface area contributed by atoms with Gasteiger partial charge in [0.05, 0.1) is 5.33 Å². The maximum Gasteiger partial charge on any atom is 0.173 e. The van der Waals surface area contributed by atoms with Gasteiger partial charge in [-0.15, -0.1) is 0 Å². The fourth-order valence-corrected chi connectivity index (χ4v) is 2.46. The first-order valence-electron chi connectivity index (χ1n) is 6.28. The van der Waals surface area contributed by atoms with Gasteiger partial charge in [0, 0.05) is 38.3 Å². The van der Waals surface area contributed by atoms with Crippen molar-refractivity contribution in [1.82, 2.24) is 9.80 Å². The molecule has 1 aliphatic heterocycles. The number of halogens is 1. The molecule has 0 radical (unpaired) electrons. The minimum absolute atomic E-state index is 0.140. The van der Waals surface area contributed by atoms with Crippen LogP contribution in [0.2, 0.25) is 0 Å². The average molecular weight is 311 g/mol. The summed E-state index contributed by atoms with van der Waals surface area (Å²) in [6.07, 6.45) is 0. The van der Waals surface area contributed by atoms with E-state index in [0.717, 1.165) is 38.3 Å². The molecule has 0 aliphatic carbocycles. The van der Waals surface area contributed by atoms with Gasteiger partial charge in [-0.2, -0.15) is 0 Å². The minimum Gasteiger partial charge on any atom is -0.304 e. The number of carbonyl (C=O) groups excluding carboxylic acids is 1. The first-order chi connectivity index (χ1) is 8.69. The molecule has 0 N–H and O–H groups in total. The Morgan fingerprint density at radius 1 is 1.17 bits per heavy atom. The van der Waals surface area contributed by atoms with Crippen LogP contribution in [-0.2, 0) is 6.54 Å². The fourth-order valence-electron chi connectivity index (χ4n) is 2.14. The second-order valence-electron chi connectivity index (χ2n) is 4.83. The van der Waals surface area contributed by atoms with Crippen LogP contribution in [0.4, 0.5) is 0 Å². The second kappa shape index (κ2) is 6.45. The second-order valence-corrected chi connectivity index (χ2v) is 5.39. The number of nitrogens with zero attached hydrogens (tertiary/aromatic N) is 2. The molecule has 1 fully saturated rings. The maximum atomic E-state index is 11.5. The molecule has 0 saturated carbocycles. The van der Waals surface area contributed by atoms with E-state index in [4.69, 9.17) is 0 Å². The smallest absolute Gasteiger partial charge is 0.173 e. The van der Waals surface area contributed by atoms with E-state index >= 15 is 0 Å². The van der Waals surface area contributed by atoms with Gasteiger partial charge < -0.3 is 4.90 Å². The van der Waals surface area contributed by atoms with Gasteiger partial charge in [0.15, 0.2) is 5.78 Å². The molecule has 0 unspecified atom stereocenters. The minimum atomic E-state index is 0.140. The van der Waals surface area contributed by atoms with Crippen molar-refractivity contribution in [2.45, 2.75) is 6.54 Å². The number of hydrogen-bond donors (Lipinski definition) is 0. The molecule has 0 amide bonds. The third-order valence-electron chi connectivity index (χ3n) is 3.40. The zero-order chi connectivity index (χ0) is 13.0. The van der Waals surface area contributed by atoms with Crippen LogP contribution in [-0.4, -0.2) is 54.1 Å². The molecule has 18 heavy (non-hydrogen) atoms. The van der Waals surface area contributed by atoms with Crippen molar-refractivity contribution < 1.29 is 4.79 Å². The van der Waals surface area contributed by atoms with Crippen molar-refractivity contribution in [3.63, 3.8) is 0 Å². The van der Waals surface area contributed by atoms with Crippen LogP contribution in [0.15, 0.2) is 24.3 Å². The van der Waals surface area contributed by atoms with Gasteiger partial charge in [-0.05, 0) is 12.6 Å². The van der Waals surface area contributed by atoms with Gasteiger partial charge in [0.25, 0.3) is 0 Å². The lowest BCUT2D eigenvalue weighted by molar-refractivity contribution is 0.102. The summed E-state index contributed by atoms with van der Waals surface area (Å²) in [6.45, 7) is 5.51. The lowest BCUT2D eigenvalue weighted by atomic mass is 10.1. The van der Waals surface area contributed by atoms with Gasteiger partial charge in [0.1, 0.15) is 0 Å². The Morgan fingerprint density at radius 2 is 1.78 bits per heavy atom. The number of rotatable bonds is 4. The molecule has 1 heterocycles.